The number of rotatable bonds is 9. The number of carbonyl (C=O) groups excluding carboxylic acids is 1. The Morgan fingerprint density at radius 1 is 1.12 bits per heavy atom. The molecule has 0 unspecified atom stereocenters. The van der Waals surface area contributed by atoms with Crippen molar-refractivity contribution in [1.29, 1.82) is 0 Å². The number of amides is 1. The molecule has 170 valence electrons. The van der Waals surface area contributed by atoms with Crippen molar-refractivity contribution in [3.05, 3.63) is 71.4 Å². The van der Waals surface area contributed by atoms with E-state index in [-0.39, 0.29) is 11.7 Å². The molecule has 0 saturated heterocycles. The molecule has 4 rings (SSSR count). The lowest BCUT2D eigenvalue weighted by atomic mass is 10.2. The third-order valence-electron chi connectivity index (χ3n) is 4.96. The van der Waals surface area contributed by atoms with Crippen LogP contribution < -0.4 is 10.1 Å². The second-order valence-corrected chi connectivity index (χ2v) is 8.47. The first kappa shape index (κ1) is 22.9. The third-order valence-corrected chi connectivity index (χ3v) is 6.18. The van der Waals surface area contributed by atoms with Gasteiger partial charge >= 0.3 is 0 Å². The average molecular weight is 483 g/mol. The van der Waals surface area contributed by atoms with E-state index in [1.807, 2.05) is 72.2 Å². The molecule has 1 amide bonds. The van der Waals surface area contributed by atoms with Gasteiger partial charge in [-0.1, -0.05) is 35.5 Å². The highest BCUT2D eigenvalue weighted by Crippen LogP contribution is 2.30. The molecule has 0 atom stereocenters. The van der Waals surface area contributed by atoms with Gasteiger partial charge in [-0.2, -0.15) is 0 Å². The largest absolute Gasteiger partial charge is 0.496 e. The molecule has 2 heterocycles. The SMILES string of the molecule is CCn1c(SCC(=O)NCc2ccc(-c3ccc(Cl)cc3)o2)nnc1-c1ccccc1OC. The Balaban J connectivity index is 1.35. The second-order valence-electron chi connectivity index (χ2n) is 7.09. The number of aromatic nitrogens is 3. The molecule has 0 spiro atoms. The molecule has 0 saturated carbocycles. The Morgan fingerprint density at radius 2 is 1.91 bits per heavy atom. The summed E-state index contributed by atoms with van der Waals surface area (Å²) < 4.78 is 13.3. The van der Waals surface area contributed by atoms with Crippen LogP contribution in [0.15, 0.2) is 70.2 Å². The summed E-state index contributed by atoms with van der Waals surface area (Å²) in [5.41, 5.74) is 1.79. The minimum Gasteiger partial charge on any atom is -0.496 e. The summed E-state index contributed by atoms with van der Waals surface area (Å²) in [5.74, 6) is 2.94. The maximum absolute atomic E-state index is 12.4. The third kappa shape index (κ3) is 5.40. The van der Waals surface area contributed by atoms with Crippen LogP contribution in [0.2, 0.25) is 5.02 Å². The van der Waals surface area contributed by atoms with Crippen molar-refractivity contribution in [1.82, 2.24) is 20.1 Å². The maximum atomic E-state index is 12.4. The summed E-state index contributed by atoms with van der Waals surface area (Å²) in [7, 11) is 1.63. The van der Waals surface area contributed by atoms with Gasteiger partial charge in [0.2, 0.25) is 5.91 Å². The fourth-order valence-corrected chi connectivity index (χ4v) is 4.28. The number of hydrogen-bond donors (Lipinski definition) is 1. The predicted octanol–water partition coefficient (Wildman–Crippen LogP) is 5.30. The van der Waals surface area contributed by atoms with E-state index in [1.165, 1.54) is 11.8 Å². The van der Waals surface area contributed by atoms with E-state index in [0.717, 1.165) is 22.6 Å². The van der Waals surface area contributed by atoms with Gasteiger partial charge in [-0.25, -0.2) is 0 Å². The van der Waals surface area contributed by atoms with Crippen LogP contribution in [0, 0.1) is 0 Å². The van der Waals surface area contributed by atoms with E-state index < -0.39 is 0 Å². The Labute approximate surface area is 201 Å². The molecule has 9 heteroatoms. The van der Waals surface area contributed by atoms with E-state index in [4.69, 9.17) is 20.8 Å². The van der Waals surface area contributed by atoms with Gasteiger partial charge in [0, 0.05) is 17.1 Å². The Morgan fingerprint density at radius 3 is 2.67 bits per heavy atom. The molecule has 0 bridgehead atoms. The number of para-hydroxylation sites is 1. The molecule has 2 aromatic heterocycles. The van der Waals surface area contributed by atoms with E-state index in [1.54, 1.807) is 7.11 Å². The molecule has 0 aliphatic heterocycles. The first-order valence-corrected chi connectivity index (χ1v) is 11.8. The van der Waals surface area contributed by atoms with Crippen LogP contribution in [0.25, 0.3) is 22.7 Å². The highest BCUT2D eigenvalue weighted by molar-refractivity contribution is 7.99. The Hall–Kier alpha value is -3.23. The lowest BCUT2D eigenvalue weighted by Gasteiger charge is -2.10. The number of carbonyl (C=O) groups is 1. The van der Waals surface area contributed by atoms with Crippen LogP contribution in [-0.2, 0) is 17.9 Å². The summed E-state index contributed by atoms with van der Waals surface area (Å²) in [6, 6.07) is 18.8. The van der Waals surface area contributed by atoms with Crippen molar-refractivity contribution in [2.45, 2.75) is 25.2 Å². The minimum absolute atomic E-state index is 0.117. The molecular weight excluding hydrogens is 460 g/mol. The summed E-state index contributed by atoms with van der Waals surface area (Å²) in [6.45, 7) is 2.99. The molecule has 0 aliphatic rings. The predicted molar refractivity (Wildman–Crippen MR) is 129 cm³/mol. The van der Waals surface area contributed by atoms with Gasteiger partial charge in [-0.3, -0.25) is 4.79 Å². The van der Waals surface area contributed by atoms with Crippen LogP contribution in [0.4, 0.5) is 0 Å². The molecular formula is C24H23ClN4O3S. The molecule has 0 aliphatic carbocycles. The second kappa shape index (κ2) is 10.6. The molecule has 2 aromatic carbocycles. The summed E-state index contributed by atoms with van der Waals surface area (Å²) in [4.78, 5) is 12.4. The molecule has 7 nitrogen and oxygen atoms in total. The summed E-state index contributed by atoms with van der Waals surface area (Å²) >= 11 is 7.27. The average Bonchev–Trinajstić information content (AvgIpc) is 3.48. The molecule has 1 N–H and O–H groups in total. The lowest BCUT2D eigenvalue weighted by molar-refractivity contribution is -0.118. The number of hydrogen-bond acceptors (Lipinski definition) is 6. The Bertz CT molecular complexity index is 1240. The zero-order valence-electron chi connectivity index (χ0n) is 18.2. The number of halogens is 1. The fraction of sp³-hybridized carbons (Fsp3) is 0.208. The first-order chi connectivity index (χ1) is 16.1. The first-order valence-electron chi connectivity index (χ1n) is 10.4. The normalized spacial score (nSPS) is 10.9. The number of ether oxygens (including phenoxy) is 1. The summed E-state index contributed by atoms with van der Waals surface area (Å²) in [6.07, 6.45) is 0. The van der Waals surface area contributed by atoms with Gasteiger partial charge in [-0.05, 0) is 55.5 Å². The van der Waals surface area contributed by atoms with Crippen LogP contribution in [0.5, 0.6) is 5.75 Å². The zero-order valence-corrected chi connectivity index (χ0v) is 19.8. The van der Waals surface area contributed by atoms with Gasteiger partial charge in [0.15, 0.2) is 11.0 Å². The van der Waals surface area contributed by atoms with Crippen LogP contribution in [-0.4, -0.2) is 33.5 Å². The van der Waals surface area contributed by atoms with Gasteiger partial charge in [-0.15, -0.1) is 10.2 Å². The van der Waals surface area contributed by atoms with Gasteiger partial charge in [0.25, 0.3) is 0 Å². The lowest BCUT2D eigenvalue weighted by Crippen LogP contribution is -2.24. The van der Waals surface area contributed by atoms with E-state index in [2.05, 4.69) is 15.5 Å². The topological polar surface area (TPSA) is 82.2 Å². The van der Waals surface area contributed by atoms with E-state index in [0.29, 0.717) is 34.9 Å². The number of nitrogens with zero attached hydrogens (tertiary/aromatic N) is 3. The van der Waals surface area contributed by atoms with E-state index >= 15 is 0 Å². The monoisotopic (exact) mass is 482 g/mol. The highest BCUT2D eigenvalue weighted by atomic mass is 35.5. The number of methoxy groups -OCH3 is 1. The van der Waals surface area contributed by atoms with Gasteiger partial charge in [0.05, 0.1) is 25.0 Å². The number of benzene rings is 2. The van der Waals surface area contributed by atoms with Crippen molar-refractivity contribution in [3.8, 4) is 28.5 Å². The fourth-order valence-electron chi connectivity index (χ4n) is 3.32. The highest BCUT2D eigenvalue weighted by Gasteiger charge is 2.17. The van der Waals surface area contributed by atoms with Crippen molar-refractivity contribution < 1.29 is 13.9 Å². The molecule has 33 heavy (non-hydrogen) atoms. The molecule has 0 fully saturated rings. The van der Waals surface area contributed by atoms with Crippen molar-refractivity contribution in [3.63, 3.8) is 0 Å². The van der Waals surface area contributed by atoms with E-state index in [9.17, 15) is 4.79 Å². The quantitative estimate of drug-likeness (QED) is 0.326. The molecule has 4 aromatic rings. The van der Waals surface area contributed by atoms with Crippen LogP contribution >= 0.6 is 23.4 Å². The standard InChI is InChI=1S/C24H23ClN4O3S/c1-3-29-23(19-6-4-5-7-21(19)31-2)27-28-24(29)33-15-22(30)26-14-18-12-13-20(32-18)16-8-10-17(25)11-9-16/h4-13H,3,14-15H2,1-2H3,(H,26,30). The maximum Gasteiger partial charge on any atom is 0.230 e. The number of thioether (sulfide) groups is 1. The van der Waals surface area contributed by atoms with Crippen molar-refractivity contribution in [2.75, 3.05) is 12.9 Å². The van der Waals surface area contributed by atoms with Crippen molar-refractivity contribution >= 4 is 29.3 Å². The summed E-state index contributed by atoms with van der Waals surface area (Å²) in [5, 5.41) is 12.8. The zero-order chi connectivity index (χ0) is 23.2. The number of furan rings is 1. The van der Waals surface area contributed by atoms with Gasteiger partial charge in [0.1, 0.15) is 17.3 Å². The molecule has 0 radical (unpaired) electrons. The minimum atomic E-state index is -0.117. The van der Waals surface area contributed by atoms with Crippen molar-refractivity contribution in [2.24, 2.45) is 0 Å². The number of nitrogens with one attached hydrogen (secondary N) is 1. The smallest absolute Gasteiger partial charge is 0.230 e. The van der Waals surface area contributed by atoms with Crippen LogP contribution in [0.3, 0.4) is 0 Å². The van der Waals surface area contributed by atoms with Gasteiger partial charge < -0.3 is 19.0 Å². The van der Waals surface area contributed by atoms with Crippen LogP contribution in [0.1, 0.15) is 12.7 Å². The Kier molecular flexibility index (Phi) is 7.36.